The predicted octanol–water partition coefficient (Wildman–Crippen LogP) is 5.01. The first kappa shape index (κ1) is 21.7. The van der Waals surface area contributed by atoms with Crippen LogP contribution < -0.4 is 5.32 Å². The molecule has 1 fully saturated rings. The monoisotopic (exact) mass is 432 g/mol. The Hall–Kier alpha value is -2.04. The van der Waals surface area contributed by atoms with E-state index in [1.807, 2.05) is 30.3 Å². The SMILES string of the molecule is CC(C(=O)NC1CCCC1)N(Cc1ccccc1)C(=O)Cc1ccc(Cl)cc1Cl. The van der Waals surface area contributed by atoms with Crippen molar-refractivity contribution in [2.24, 2.45) is 0 Å². The molecule has 3 rings (SSSR count). The molecule has 0 spiro atoms. The zero-order chi connectivity index (χ0) is 20.8. The average molecular weight is 433 g/mol. The molecule has 2 amide bonds. The van der Waals surface area contributed by atoms with E-state index < -0.39 is 6.04 Å². The molecule has 29 heavy (non-hydrogen) atoms. The second kappa shape index (κ2) is 10.1. The molecule has 1 aliphatic carbocycles. The molecule has 1 atom stereocenters. The number of hydrogen-bond acceptors (Lipinski definition) is 2. The van der Waals surface area contributed by atoms with Gasteiger partial charge in [-0.1, -0.05) is 72.4 Å². The first-order valence-electron chi connectivity index (χ1n) is 10.0. The van der Waals surface area contributed by atoms with E-state index in [2.05, 4.69) is 5.32 Å². The lowest BCUT2D eigenvalue weighted by Crippen LogP contribution is -2.50. The summed E-state index contributed by atoms with van der Waals surface area (Å²) in [4.78, 5) is 27.7. The molecular formula is C23H26Cl2N2O2. The summed E-state index contributed by atoms with van der Waals surface area (Å²) < 4.78 is 0. The second-order valence-corrected chi connectivity index (χ2v) is 8.43. The highest BCUT2D eigenvalue weighted by molar-refractivity contribution is 6.35. The maximum absolute atomic E-state index is 13.2. The van der Waals surface area contributed by atoms with Crippen molar-refractivity contribution in [3.63, 3.8) is 0 Å². The van der Waals surface area contributed by atoms with Crippen molar-refractivity contribution >= 4 is 35.0 Å². The van der Waals surface area contributed by atoms with Gasteiger partial charge in [-0.2, -0.15) is 0 Å². The molecule has 2 aromatic rings. The fourth-order valence-corrected chi connectivity index (χ4v) is 4.16. The van der Waals surface area contributed by atoms with Gasteiger partial charge in [0.25, 0.3) is 0 Å². The van der Waals surface area contributed by atoms with Gasteiger partial charge in [-0.3, -0.25) is 9.59 Å². The number of carbonyl (C=O) groups is 2. The molecule has 0 aliphatic heterocycles. The van der Waals surface area contributed by atoms with Gasteiger partial charge < -0.3 is 10.2 Å². The van der Waals surface area contributed by atoms with Gasteiger partial charge in [-0.05, 0) is 43.0 Å². The van der Waals surface area contributed by atoms with Crippen LogP contribution in [0.5, 0.6) is 0 Å². The van der Waals surface area contributed by atoms with Crippen molar-refractivity contribution in [1.82, 2.24) is 10.2 Å². The fraction of sp³-hybridized carbons (Fsp3) is 0.391. The molecule has 0 saturated heterocycles. The number of carbonyl (C=O) groups excluding carboxylic acids is 2. The van der Waals surface area contributed by atoms with Crippen LogP contribution >= 0.6 is 23.2 Å². The number of nitrogens with one attached hydrogen (secondary N) is 1. The third-order valence-electron chi connectivity index (χ3n) is 5.42. The third kappa shape index (κ3) is 5.97. The van der Waals surface area contributed by atoms with Crippen LogP contribution in [0.1, 0.15) is 43.7 Å². The number of amides is 2. The van der Waals surface area contributed by atoms with Crippen LogP contribution in [0.4, 0.5) is 0 Å². The van der Waals surface area contributed by atoms with E-state index in [-0.39, 0.29) is 24.3 Å². The summed E-state index contributed by atoms with van der Waals surface area (Å²) >= 11 is 12.2. The van der Waals surface area contributed by atoms with Crippen molar-refractivity contribution in [2.75, 3.05) is 0 Å². The Morgan fingerprint density at radius 1 is 1.10 bits per heavy atom. The summed E-state index contributed by atoms with van der Waals surface area (Å²) in [7, 11) is 0. The maximum Gasteiger partial charge on any atom is 0.242 e. The zero-order valence-electron chi connectivity index (χ0n) is 16.5. The van der Waals surface area contributed by atoms with Gasteiger partial charge in [0.2, 0.25) is 11.8 Å². The van der Waals surface area contributed by atoms with Crippen molar-refractivity contribution < 1.29 is 9.59 Å². The average Bonchev–Trinajstić information content (AvgIpc) is 3.21. The summed E-state index contributed by atoms with van der Waals surface area (Å²) in [6.07, 6.45) is 4.41. The molecule has 1 N–H and O–H groups in total. The van der Waals surface area contributed by atoms with E-state index in [4.69, 9.17) is 23.2 Å². The van der Waals surface area contributed by atoms with Crippen LogP contribution in [0.25, 0.3) is 0 Å². The molecule has 0 aromatic heterocycles. The van der Waals surface area contributed by atoms with E-state index in [9.17, 15) is 9.59 Å². The van der Waals surface area contributed by atoms with Gasteiger partial charge in [0, 0.05) is 22.6 Å². The van der Waals surface area contributed by atoms with E-state index in [1.165, 1.54) is 0 Å². The van der Waals surface area contributed by atoms with E-state index in [0.717, 1.165) is 31.2 Å². The van der Waals surface area contributed by atoms with Gasteiger partial charge in [-0.25, -0.2) is 0 Å². The minimum atomic E-state index is -0.575. The minimum Gasteiger partial charge on any atom is -0.352 e. The number of benzene rings is 2. The molecule has 0 radical (unpaired) electrons. The van der Waals surface area contributed by atoms with Crippen LogP contribution in [0.15, 0.2) is 48.5 Å². The van der Waals surface area contributed by atoms with Crippen LogP contribution in [0, 0.1) is 0 Å². The Labute approximate surface area is 182 Å². The molecule has 1 unspecified atom stereocenters. The first-order chi connectivity index (χ1) is 13.9. The number of hydrogen-bond donors (Lipinski definition) is 1. The van der Waals surface area contributed by atoms with E-state index >= 15 is 0 Å². The number of rotatable bonds is 7. The third-order valence-corrected chi connectivity index (χ3v) is 6.01. The predicted molar refractivity (Wildman–Crippen MR) is 117 cm³/mol. The largest absolute Gasteiger partial charge is 0.352 e. The lowest BCUT2D eigenvalue weighted by atomic mass is 10.1. The van der Waals surface area contributed by atoms with Crippen molar-refractivity contribution in [2.45, 2.75) is 57.7 Å². The summed E-state index contributed by atoms with van der Waals surface area (Å²) in [6, 6.07) is 14.4. The zero-order valence-corrected chi connectivity index (χ0v) is 18.0. The minimum absolute atomic E-state index is 0.108. The Balaban J connectivity index is 1.77. The molecular weight excluding hydrogens is 407 g/mol. The normalized spacial score (nSPS) is 15.1. The topological polar surface area (TPSA) is 49.4 Å². The van der Waals surface area contributed by atoms with Crippen LogP contribution in [0.3, 0.4) is 0 Å². The molecule has 1 saturated carbocycles. The quantitative estimate of drug-likeness (QED) is 0.667. The van der Waals surface area contributed by atoms with Gasteiger partial charge in [0.15, 0.2) is 0 Å². The molecule has 6 heteroatoms. The standard InChI is InChI=1S/C23H26Cl2N2O2/c1-16(23(29)26-20-9-5-6-10-20)27(15-17-7-3-2-4-8-17)22(28)13-18-11-12-19(24)14-21(18)25/h2-4,7-8,11-12,14,16,20H,5-6,9-10,13,15H2,1H3,(H,26,29). The molecule has 2 aromatic carbocycles. The molecule has 0 bridgehead atoms. The van der Waals surface area contributed by atoms with E-state index in [1.54, 1.807) is 30.0 Å². The summed E-state index contributed by atoms with van der Waals surface area (Å²) in [6.45, 7) is 2.15. The van der Waals surface area contributed by atoms with E-state index in [0.29, 0.717) is 22.2 Å². The Morgan fingerprint density at radius 3 is 2.45 bits per heavy atom. The Morgan fingerprint density at radius 2 is 1.79 bits per heavy atom. The first-order valence-corrected chi connectivity index (χ1v) is 10.8. The van der Waals surface area contributed by atoms with Crippen LogP contribution in [-0.2, 0) is 22.6 Å². The van der Waals surface area contributed by atoms with Gasteiger partial charge in [0.1, 0.15) is 6.04 Å². The molecule has 4 nitrogen and oxygen atoms in total. The fourth-order valence-electron chi connectivity index (χ4n) is 3.68. The smallest absolute Gasteiger partial charge is 0.242 e. The Bertz CT molecular complexity index is 851. The van der Waals surface area contributed by atoms with Crippen LogP contribution in [-0.4, -0.2) is 28.8 Å². The lowest BCUT2D eigenvalue weighted by molar-refractivity contribution is -0.140. The summed E-state index contributed by atoms with van der Waals surface area (Å²) in [5.74, 6) is -0.254. The summed E-state index contributed by atoms with van der Waals surface area (Å²) in [5, 5.41) is 4.08. The highest BCUT2D eigenvalue weighted by Crippen LogP contribution is 2.23. The van der Waals surface area contributed by atoms with Crippen molar-refractivity contribution in [1.29, 1.82) is 0 Å². The van der Waals surface area contributed by atoms with Gasteiger partial charge >= 0.3 is 0 Å². The highest BCUT2D eigenvalue weighted by atomic mass is 35.5. The lowest BCUT2D eigenvalue weighted by Gasteiger charge is -2.30. The highest BCUT2D eigenvalue weighted by Gasteiger charge is 2.28. The van der Waals surface area contributed by atoms with Gasteiger partial charge in [0.05, 0.1) is 6.42 Å². The van der Waals surface area contributed by atoms with Crippen molar-refractivity contribution in [3.05, 3.63) is 69.7 Å². The molecule has 0 heterocycles. The number of halogens is 2. The summed E-state index contributed by atoms with van der Waals surface area (Å²) in [5.41, 5.74) is 1.67. The Kier molecular flexibility index (Phi) is 7.57. The molecule has 154 valence electrons. The second-order valence-electron chi connectivity index (χ2n) is 7.59. The van der Waals surface area contributed by atoms with Crippen molar-refractivity contribution in [3.8, 4) is 0 Å². The maximum atomic E-state index is 13.2. The van der Waals surface area contributed by atoms with Gasteiger partial charge in [-0.15, -0.1) is 0 Å². The van der Waals surface area contributed by atoms with Crippen LogP contribution in [0.2, 0.25) is 10.0 Å². The number of nitrogens with zero attached hydrogens (tertiary/aromatic N) is 1. The molecule has 1 aliphatic rings.